The molecule has 89 heavy (non-hydrogen) atoms. The van der Waals surface area contributed by atoms with E-state index in [9.17, 15) is 51.9 Å². The third-order valence-electron chi connectivity index (χ3n) is 10.9. The van der Waals surface area contributed by atoms with Gasteiger partial charge in [-0.05, 0) is 91.0 Å². The molecule has 0 aliphatic carbocycles. The van der Waals surface area contributed by atoms with Gasteiger partial charge < -0.3 is 9.11 Å². The van der Waals surface area contributed by atoms with Crippen LogP contribution in [0.25, 0.3) is 70.9 Å². The largest absolute Gasteiger partial charge is 1.00 e. The number of hydrogen-bond acceptors (Lipinski definition) is 16. The Kier molecular flexibility index (Phi) is 31.1. The summed E-state index contributed by atoms with van der Waals surface area (Å²) in [6.45, 7) is 0. The number of benzene rings is 8. The maximum Gasteiger partial charge on any atom is 1.00 e. The number of hydrogen-bond donors (Lipinski definition) is 8. The average molecular weight is 1380 g/mol. The van der Waals surface area contributed by atoms with Crippen molar-refractivity contribution < 1.29 is 164 Å². The first-order valence-corrected chi connectivity index (χ1v) is 33.6. The van der Waals surface area contributed by atoms with Gasteiger partial charge >= 0.3 is 79.9 Å². The summed E-state index contributed by atoms with van der Waals surface area (Å²) in [4.78, 5) is -0.580. The Morgan fingerprint density at radius 1 is 0.236 bits per heavy atom. The van der Waals surface area contributed by atoms with Gasteiger partial charge in [0.05, 0.1) is 0 Å². The van der Waals surface area contributed by atoms with Crippen LogP contribution in [0.4, 0.5) is 0 Å². The first kappa shape index (κ1) is 79.1. The van der Waals surface area contributed by atoms with Gasteiger partial charge in [0.2, 0.25) is 0 Å². The topological polar surface area (TPSA) is 447 Å². The van der Waals surface area contributed by atoms with Crippen molar-refractivity contribution in [2.45, 2.75) is 19.6 Å². The summed E-state index contributed by atoms with van der Waals surface area (Å²) in [5.41, 5.74) is 8.97. The van der Waals surface area contributed by atoms with Crippen LogP contribution in [0.5, 0.6) is 0 Å². The summed E-state index contributed by atoms with van der Waals surface area (Å²) in [6, 6.07) is 55.7. The average Bonchev–Trinajstić information content (AvgIpc) is 2.66. The Bertz CT molecular complexity index is 4040. The fourth-order valence-corrected chi connectivity index (χ4v) is 10.0. The van der Waals surface area contributed by atoms with Crippen LogP contribution in [-0.4, -0.2) is 104 Å². The Labute approximate surface area is 558 Å². The summed E-state index contributed by atoms with van der Waals surface area (Å²) in [6.07, 6.45) is 13.6. The fourth-order valence-electron chi connectivity index (χ4n) is 7.30. The first-order chi connectivity index (χ1) is 40.2. The molecule has 0 bridgehead atoms. The molecular weight excluding hydrogens is 1330 g/mol. The minimum Gasteiger partial charge on any atom is -0.759 e. The van der Waals surface area contributed by atoms with E-state index in [1.807, 2.05) is 97.1 Å². The van der Waals surface area contributed by atoms with Crippen LogP contribution in [0.2, 0.25) is 0 Å². The predicted octanol–water partition coefficient (Wildman–Crippen LogP) is 3.74. The van der Waals surface area contributed by atoms with Crippen LogP contribution in [0.1, 0.15) is 44.5 Å². The van der Waals surface area contributed by atoms with Gasteiger partial charge in [0, 0.05) is 10.4 Å². The van der Waals surface area contributed by atoms with Crippen molar-refractivity contribution in [1.29, 1.82) is 0 Å². The van der Waals surface area contributed by atoms with E-state index in [1.54, 1.807) is 121 Å². The molecule has 0 saturated heterocycles. The predicted molar refractivity (Wildman–Crippen MR) is 323 cm³/mol. The van der Waals surface area contributed by atoms with E-state index in [4.69, 9.17) is 52.6 Å². The molecule has 24 nitrogen and oxygen atoms in total. The molecule has 0 aliphatic rings. The zero-order chi connectivity index (χ0) is 65.0. The van der Waals surface area contributed by atoms with Crippen LogP contribution >= 0.6 is 0 Å². The van der Waals surface area contributed by atoms with Crippen molar-refractivity contribution >= 4 is 120 Å². The van der Waals surface area contributed by atoms with Gasteiger partial charge in [0.15, 0.2) is 0 Å². The second-order valence-corrected chi connectivity index (χ2v) is 25.3. The third-order valence-corrected chi connectivity index (χ3v) is 14.6. The fraction of sp³-hybridized carbons (Fsp3) is 0. The van der Waals surface area contributed by atoms with Crippen LogP contribution in [0.3, 0.4) is 0 Å². The molecule has 33 heteroatoms. The van der Waals surface area contributed by atoms with Crippen molar-refractivity contribution in [3.63, 3.8) is 0 Å². The van der Waals surface area contributed by atoms with Crippen molar-refractivity contribution in [3.05, 3.63) is 239 Å². The Balaban J connectivity index is 0.000000484. The van der Waals surface area contributed by atoms with Crippen LogP contribution in [0, 0.1) is 0 Å². The Morgan fingerprint density at radius 2 is 0.371 bits per heavy atom. The Hall–Kier alpha value is -6.03. The molecule has 0 aliphatic heterocycles. The van der Waals surface area contributed by atoms with E-state index in [1.165, 1.54) is 24.3 Å². The molecule has 0 unspecified atom stereocenters. The van der Waals surface area contributed by atoms with Crippen LogP contribution in [-0.2, 0) is 71.7 Å². The van der Waals surface area contributed by atoms with Crippen molar-refractivity contribution in [3.8, 4) is 22.3 Å². The SMILES string of the molecule is O=S(=O)(O)O.O=S(=O)(O)O.O=S(=O)(O)c1ccccc1C=Cc1ccc(-c2ccc(C=Cc3ccccc3S(=O)(=O)O)cc2)cc1.O=S(=O)(O)c1ccccc1C=Cc1ccc(-c2ccc(C=Cc3ccccc3S(=O)(=O)O)cc2)cc1.O=S(=O)([O-])[O-].[Na+].[Na+]. The second-order valence-electron chi connectivity index (χ2n) is 17.2. The molecule has 0 heterocycles. The Morgan fingerprint density at radius 3 is 0.506 bits per heavy atom. The zero-order valence-corrected chi connectivity index (χ0v) is 55.8. The maximum atomic E-state index is 11.5. The summed E-state index contributed by atoms with van der Waals surface area (Å²) in [5.74, 6) is 0. The van der Waals surface area contributed by atoms with E-state index in [0.717, 1.165) is 44.5 Å². The van der Waals surface area contributed by atoms with Gasteiger partial charge in [-0.15, -0.1) is 0 Å². The van der Waals surface area contributed by atoms with E-state index >= 15 is 0 Å². The van der Waals surface area contributed by atoms with Crippen molar-refractivity contribution in [2.75, 3.05) is 0 Å². The maximum absolute atomic E-state index is 11.5. The molecule has 0 saturated carbocycles. The molecule has 8 rings (SSSR count). The molecule has 0 fully saturated rings. The van der Waals surface area contributed by atoms with E-state index < -0.39 is 71.7 Å². The summed E-state index contributed by atoms with van der Waals surface area (Å²) in [7, 11) is -31.7. The quantitative estimate of drug-likeness (QED) is 0.0333. The van der Waals surface area contributed by atoms with E-state index in [-0.39, 0.29) is 78.7 Å². The molecule has 0 amide bonds. The molecule has 8 aromatic rings. The zero-order valence-electron chi connectivity index (χ0n) is 46.1. The smallest absolute Gasteiger partial charge is 0.759 e. The molecule has 0 atom stereocenters. The van der Waals surface area contributed by atoms with Crippen molar-refractivity contribution in [2.24, 2.45) is 0 Å². The molecule has 8 N–H and O–H groups in total. The van der Waals surface area contributed by atoms with Gasteiger partial charge in [-0.3, -0.25) is 44.8 Å². The molecule has 460 valence electrons. The molecule has 8 aromatic carbocycles. The van der Waals surface area contributed by atoms with Gasteiger partial charge in [-0.2, -0.15) is 50.5 Å². The normalized spacial score (nSPS) is 12.0. The standard InChI is InChI=1S/2C28H22O6S2.2Na.3H2O4S/c2*29-35(30,31)27-7-3-1-5-25(27)19-13-21-9-15-23(16-10-21)24-17-11-22(12-18-24)14-20-26-6-2-4-8-28(26)36(32,33)34;;;3*1-5(2,3)4/h2*1-20H,(H,29,30,31)(H,32,33,34);;;3*(H2,1,2,3,4)/q;;2*+1;;;/p-2. The molecular formula is C56H48Na2O24S7. The van der Waals surface area contributed by atoms with Gasteiger partial charge in [-0.1, -0.05) is 218 Å². The van der Waals surface area contributed by atoms with E-state index in [2.05, 4.69) is 0 Å². The first-order valence-electron chi connectivity index (χ1n) is 23.7. The molecule has 0 radical (unpaired) electrons. The minimum atomic E-state index is -5.17. The minimum absolute atomic E-state index is 0. The number of rotatable bonds is 14. The molecule has 0 aromatic heterocycles. The van der Waals surface area contributed by atoms with Gasteiger partial charge in [-0.25, -0.2) is 0 Å². The third kappa shape index (κ3) is 31.0. The summed E-state index contributed by atoms with van der Waals surface area (Å²) >= 11 is 0. The summed E-state index contributed by atoms with van der Waals surface area (Å²) in [5, 5.41) is 0. The van der Waals surface area contributed by atoms with Crippen molar-refractivity contribution in [1.82, 2.24) is 0 Å². The van der Waals surface area contributed by atoms with E-state index in [0.29, 0.717) is 22.3 Å². The van der Waals surface area contributed by atoms with Gasteiger partial charge in [0.1, 0.15) is 19.6 Å². The van der Waals surface area contributed by atoms with Crippen LogP contribution in [0.15, 0.2) is 214 Å². The second kappa shape index (κ2) is 35.0. The van der Waals surface area contributed by atoms with Gasteiger partial charge in [0.25, 0.3) is 40.5 Å². The van der Waals surface area contributed by atoms with Crippen LogP contribution < -0.4 is 59.1 Å². The monoisotopic (exact) mass is 1370 g/mol. The molecule has 0 spiro atoms. The summed E-state index contributed by atoms with van der Waals surface area (Å²) < 4.78 is 227.